The number of ether oxygens (including phenoxy) is 1. The number of carbonyl (C=O) groups excluding carboxylic acids is 7. The first-order valence-corrected chi connectivity index (χ1v) is 23.5. The Morgan fingerprint density at radius 1 is 0.515 bits per heavy atom. The highest BCUT2D eigenvalue weighted by Crippen LogP contribution is 2.40. The molecule has 4 aromatic carbocycles. The summed E-state index contributed by atoms with van der Waals surface area (Å²) >= 11 is 0. The van der Waals surface area contributed by atoms with Crippen LogP contribution in [0.25, 0.3) is 0 Å². The number of benzene rings is 4. The van der Waals surface area contributed by atoms with E-state index < -0.39 is 41.7 Å². The van der Waals surface area contributed by atoms with E-state index in [0.717, 1.165) is 47.9 Å². The number of esters is 1. The number of imide groups is 2. The summed E-state index contributed by atoms with van der Waals surface area (Å²) in [5.74, 6) is -5.09. The molecule has 0 radical (unpaired) electrons. The molecule has 2 saturated carbocycles. The predicted molar refractivity (Wildman–Crippen MR) is 250 cm³/mol. The Balaban J connectivity index is 0.000000181. The fraction of sp³-hybridized carbons (Fsp3) is 0.407. The molecule has 14 heteroatoms. The largest absolute Gasteiger partial charge is 0.481 e. The van der Waals surface area contributed by atoms with Gasteiger partial charge in [0.2, 0.25) is 11.8 Å². The van der Waals surface area contributed by atoms with Crippen LogP contribution in [0.4, 0.5) is 0 Å². The molecule has 0 spiro atoms. The monoisotopic (exact) mass is 922 g/mol. The fourth-order valence-electron chi connectivity index (χ4n) is 11.4. The zero-order valence-electron chi connectivity index (χ0n) is 37.5. The quantitative estimate of drug-likeness (QED) is 0.139. The second kappa shape index (κ2) is 20.1. The standard InChI is InChI=1S/C27H28N2O5.C26H26N2O5.CH4/c1-34-27(33)22-13-7-6-12-21(22)24(30)28-15-14-17-8-2-3-9-18(17)23(28)16-29-25(31)19-10-4-5-11-20(19)26(29)32;29-23(20-11-5-6-12-21(20)26(32)33)27-14-13-16-7-1-2-8-17(16)22(27)15-28-24(30)18-9-3-4-10-19(18)25(28)31;/h2-5,8-11,21-23H,6-7,12-16H2,1H3;1-4,7-10,20-22H,5-6,11-15H2,(H,32,33);1H4/t21-,22+,23-;20-,21+,22-;/m11./s1. The number of amides is 6. The number of carbonyl (C=O) groups is 8. The molecule has 10 rings (SSSR count). The molecule has 0 unspecified atom stereocenters. The van der Waals surface area contributed by atoms with Gasteiger partial charge in [0.05, 0.1) is 78.2 Å². The van der Waals surface area contributed by atoms with Crippen LogP contribution in [0.3, 0.4) is 0 Å². The maximum Gasteiger partial charge on any atom is 0.309 e. The molecule has 68 heavy (non-hydrogen) atoms. The van der Waals surface area contributed by atoms with Gasteiger partial charge < -0.3 is 19.6 Å². The minimum absolute atomic E-state index is 0. The number of carboxylic acids is 1. The number of aliphatic carboxylic acids is 1. The van der Waals surface area contributed by atoms with Crippen LogP contribution >= 0.6 is 0 Å². The molecule has 4 heterocycles. The van der Waals surface area contributed by atoms with E-state index in [0.29, 0.717) is 73.9 Å². The van der Waals surface area contributed by atoms with E-state index in [2.05, 4.69) is 0 Å². The van der Waals surface area contributed by atoms with E-state index in [-0.39, 0.29) is 61.9 Å². The van der Waals surface area contributed by atoms with Crippen LogP contribution in [-0.2, 0) is 36.8 Å². The summed E-state index contributed by atoms with van der Waals surface area (Å²) in [6, 6.07) is 28.3. The van der Waals surface area contributed by atoms with E-state index in [4.69, 9.17) is 4.74 Å². The number of hydrogen-bond donors (Lipinski definition) is 1. The molecule has 14 nitrogen and oxygen atoms in total. The van der Waals surface area contributed by atoms with E-state index in [1.54, 1.807) is 58.3 Å². The molecule has 0 bridgehead atoms. The lowest BCUT2D eigenvalue weighted by molar-refractivity contribution is -0.156. The van der Waals surface area contributed by atoms with E-state index in [9.17, 15) is 43.5 Å². The molecule has 6 amide bonds. The third-order valence-electron chi connectivity index (χ3n) is 14.8. The van der Waals surface area contributed by atoms with Crippen molar-refractivity contribution in [3.8, 4) is 0 Å². The number of hydrogen-bond acceptors (Lipinski definition) is 9. The Morgan fingerprint density at radius 2 is 0.853 bits per heavy atom. The van der Waals surface area contributed by atoms with Crippen molar-refractivity contribution in [1.82, 2.24) is 19.6 Å². The summed E-state index contributed by atoms with van der Waals surface area (Å²) in [5.41, 5.74) is 5.61. The molecule has 2 fully saturated rings. The molecule has 1 N–H and O–H groups in total. The van der Waals surface area contributed by atoms with E-state index in [1.807, 2.05) is 48.5 Å². The molecular formula is C54H58N4O10. The highest BCUT2D eigenvalue weighted by atomic mass is 16.5. The zero-order chi connectivity index (χ0) is 46.9. The van der Waals surface area contributed by atoms with E-state index in [1.165, 1.54) is 16.9 Å². The van der Waals surface area contributed by atoms with Gasteiger partial charge in [-0.05, 0) is 85.0 Å². The van der Waals surface area contributed by atoms with Crippen molar-refractivity contribution in [3.63, 3.8) is 0 Å². The average molecular weight is 923 g/mol. The lowest BCUT2D eigenvalue weighted by Gasteiger charge is -2.42. The van der Waals surface area contributed by atoms with Crippen LogP contribution in [-0.4, -0.2) is 105 Å². The first kappa shape index (κ1) is 47.5. The highest BCUT2D eigenvalue weighted by molar-refractivity contribution is 6.22. The number of fused-ring (bicyclic) bond motifs is 4. The average Bonchev–Trinajstić information content (AvgIpc) is 3.75. The van der Waals surface area contributed by atoms with Gasteiger partial charge in [0.25, 0.3) is 23.6 Å². The SMILES string of the molecule is C.COC(=O)[C@H]1CCCC[C@H]1C(=O)N1CCc2ccccc2[C@H]1CN1C(=O)c2ccccc2C1=O.O=C(O)[C@H]1CCCC[C@H]1C(=O)N1CCc2ccccc2[C@H]1CN1C(=O)c2ccccc2C1=O. The van der Waals surface area contributed by atoms with Gasteiger partial charge in [0.15, 0.2) is 0 Å². The van der Waals surface area contributed by atoms with Crippen molar-refractivity contribution in [2.75, 3.05) is 33.3 Å². The second-order valence-corrected chi connectivity index (χ2v) is 18.4. The number of methoxy groups -OCH3 is 1. The van der Waals surface area contributed by atoms with Gasteiger partial charge in [0.1, 0.15) is 0 Å². The summed E-state index contributed by atoms with van der Waals surface area (Å²) in [6.07, 6.45) is 7.08. The van der Waals surface area contributed by atoms with Gasteiger partial charge in [-0.1, -0.05) is 106 Å². The first-order valence-electron chi connectivity index (χ1n) is 23.5. The van der Waals surface area contributed by atoms with Crippen LogP contribution in [0.1, 0.15) is 135 Å². The van der Waals surface area contributed by atoms with Crippen molar-refractivity contribution < 1.29 is 48.2 Å². The number of carboxylic acid groups (broad SMARTS) is 1. The maximum atomic E-state index is 13.9. The lowest BCUT2D eigenvalue weighted by Crippen LogP contribution is -2.50. The third kappa shape index (κ3) is 8.72. The van der Waals surface area contributed by atoms with Crippen LogP contribution in [0.2, 0.25) is 0 Å². The minimum atomic E-state index is -0.928. The van der Waals surface area contributed by atoms with E-state index >= 15 is 0 Å². The predicted octanol–water partition coefficient (Wildman–Crippen LogP) is 7.32. The minimum Gasteiger partial charge on any atom is -0.481 e. The fourth-order valence-corrected chi connectivity index (χ4v) is 11.4. The molecule has 2 aliphatic carbocycles. The van der Waals surface area contributed by atoms with Crippen LogP contribution < -0.4 is 0 Å². The van der Waals surface area contributed by atoms with Crippen LogP contribution in [0.15, 0.2) is 97.1 Å². The van der Waals surface area contributed by atoms with Gasteiger partial charge in [0, 0.05) is 13.1 Å². The lowest BCUT2D eigenvalue weighted by atomic mass is 9.77. The smallest absolute Gasteiger partial charge is 0.309 e. The summed E-state index contributed by atoms with van der Waals surface area (Å²) in [6.45, 7) is 1.06. The maximum absolute atomic E-state index is 13.9. The van der Waals surface area contributed by atoms with Crippen molar-refractivity contribution in [2.24, 2.45) is 23.7 Å². The number of rotatable bonds is 8. The van der Waals surface area contributed by atoms with Gasteiger partial charge in [-0.15, -0.1) is 0 Å². The Morgan fingerprint density at radius 3 is 1.24 bits per heavy atom. The Bertz CT molecular complexity index is 2590. The molecular weight excluding hydrogens is 865 g/mol. The summed E-state index contributed by atoms with van der Waals surface area (Å²) < 4.78 is 5.00. The van der Waals surface area contributed by atoms with Crippen LogP contribution in [0, 0.1) is 23.7 Å². The molecule has 354 valence electrons. The van der Waals surface area contributed by atoms with Crippen molar-refractivity contribution >= 4 is 47.4 Å². The van der Waals surface area contributed by atoms with Crippen LogP contribution in [0.5, 0.6) is 0 Å². The van der Waals surface area contributed by atoms with Gasteiger partial charge >= 0.3 is 11.9 Å². The Kier molecular flexibility index (Phi) is 14.0. The molecule has 6 aliphatic rings. The first-order chi connectivity index (χ1) is 32.5. The highest BCUT2D eigenvalue weighted by Gasteiger charge is 2.46. The second-order valence-electron chi connectivity index (χ2n) is 18.4. The summed E-state index contributed by atoms with van der Waals surface area (Å²) in [7, 11) is 1.36. The summed E-state index contributed by atoms with van der Waals surface area (Å²) in [5, 5.41) is 9.71. The van der Waals surface area contributed by atoms with Crippen molar-refractivity contribution in [3.05, 3.63) is 142 Å². The van der Waals surface area contributed by atoms with Gasteiger partial charge in [-0.25, -0.2) is 0 Å². The molecule has 4 aromatic rings. The Hall–Kier alpha value is -6.96. The molecule has 0 aromatic heterocycles. The molecule has 4 aliphatic heterocycles. The van der Waals surface area contributed by atoms with Crippen molar-refractivity contribution in [1.29, 1.82) is 0 Å². The van der Waals surface area contributed by atoms with Gasteiger partial charge in [-0.3, -0.25) is 48.2 Å². The normalized spacial score (nSPS) is 23.8. The topological polar surface area (TPSA) is 179 Å². The molecule has 6 atom stereocenters. The number of nitrogens with zero attached hydrogens (tertiary/aromatic N) is 4. The zero-order valence-corrected chi connectivity index (χ0v) is 37.5. The van der Waals surface area contributed by atoms with Crippen molar-refractivity contribution in [2.45, 2.75) is 83.7 Å². The third-order valence-corrected chi connectivity index (χ3v) is 14.8. The molecule has 0 saturated heterocycles. The Labute approximate surface area is 396 Å². The summed E-state index contributed by atoms with van der Waals surface area (Å²) in [4.78, 5) is 110. The van der Waals surface area contributed by atoms with Gasteiger partial charge in [-0.2, -0.15) is 0 Å².